The molecule has 0 unspecified atom stereocenters. The minimum atomic E-state index is -1.63. The van der Waals surface area contributed by atoms with Crippen LogP contribution < -0.4 is 0 Å². The fourth-order valence-corrected chi connectivity index (χ4v) is 3.92. The van der Waals surface area contributed by atoms with Gasteiger partial charge in [-0.05, 0) is 55.6 Å². The van der Waals surface area contributed by atoms with E-state index in [1.54, 1.807) is 0 Å². The van der Waals surface area contributed by atoms with Gasteiger partial charge in [-0.1, -0.05) is 39.0 Å². The van der Waals surface area contributed by atoms with E-state index in [-0.39, 0.29) is 5.04 Å². The number of unbranched alkanes of at least 4 members (excludes halogenated alkanes) is 1. The summed E-state index contributed by atoms with van der Waals surface area (Å²) in [5.41, 5.74) is 4.22. The van der Waals surface area contributed by atoms with Crippen molar-refractivity contribution in [3.8, 4) is 11.3 Å². The highest BCUT2D eigenvalue weighted by molar-refractivity contribution is 6.74. The number of nitrogens with one attached hydrogen (secondary N) is 1. The maximum absolute atomic E-state index is 6.27. The fourth-order valence-electron chi connectivity index (χ4n) is 2.83. The van der Waals surface area contributed by atoms with E-state index >= 15 is 0 Å². The third kappa shape index (κ3) is 4.85. The molecule has 0 saturated heterocycles. The molecule has 0 amide bonds. The number of aryl methyl sites for hydroxylation is 1. The number of hydrogen-bond acceptors (Lipinski definition) is 3. The second kappa shape index (κ2) is 7.95. The second-order valence-electron chi connectivity index (χ2n) is 8.74. The summed E-state index contributed by atoms with van der Waals surface area (Å²) in [5.74, 6) is 0. The van der Waals surface area contributed by atoms with Crippen molar-refractivity contribution in [3.05, 3.63) is 48.3 Å². The Hall–Kier alpha value is -1.98. The maximum atomic E-state index is 6.27. The van der Waals surface area contributed by atoms with Crippen LogP contribution in [-0.2, 0) is 10.8 Å². The first kappa shape index (κ1) is 19.8. The van der Waals surface area contributed by atoms with E-state index in [2.05, 4.69) is 74.4 Å². The summed E-state index contributed by atoms with van der Waals surface area (Å²) in [6.45, 7) is 12.3. The molecule has 5 heteroatoms. The Kier molecular flexibility index (Phi) is 5.82. The van der Waals surface area contributed by atoms with Gasteiger partial charge in [-0.15, -0.1) is 0 Å². The number of hydrogen-bond donors (Lipinski definition) is 1. The lowest BCUT2D eigenvalue weighted by Gasteiger charge is -2.36. The molecule has 27 heavy (non-hydrogen) atoms. The molecule has 0 bridgehead atoms. The first-order valence-electron chi connectivity index (χ1n) is 9.80. The summed E-state index contributed by atoms with van der Waals surface area (Å²) in [6.07, 6.45) is 5.02. The van der Waals surface area contributed by atoms with E-state index in [0.29, 0.717) is 0 Å². The predicted molar refractivity (Wildman–Crippen MR) is 115 cm³/mol. The summed E-state index contributed by atoms with van der Waals surface area (Å²) >= 11 is 0. The minimum Gasteiger partial charge on any atom is -0.417 e. The van der Waals surface area contributed by atoms with Crippen molar-refractivity contribution >= 4 is 19.2 Å². The highest BCUT2D eigenvalue weighted by Crippen LogP contribution is 2.36. The maximum Gasteiger partial charge on any atom is 0.191 e. The van der Waals surface area contributed by atoms with Gasteiger partial charge in [0.25, 0.3) is 0 Å². The molecule has 4 nitrogen and oxygen atoms in total. The molecule has 0 aliphatic heterocycles. The molecule has 144 valence electrons. The number of aromatic amines is 1. The molecule has 0 aliphatic carbocycles. The van der Waals surface area contributed by atoms with E-state index in [4.69, 9.17) is 9.41 Å². The van der Waals surface area contributed by atoms with Crippen molar-refractivity contribution in [2.24, 2.45) is 0 Å². The summed E-state index contributed by atoms with van der Waals surface area (Å²) in [6, 6.07) is 12.6. The van der Waals surface area contributed by atoms with Crippen LogP contribution in [0.4, 0.5) is 0 Å². The number of pyridine rings is 1. The zero-order valence-corrected chi connectivity index (χ0v) is 18.2. The van der Waals surface area contributed by atoms with Crippen molar-refractivity contribution in [1.29, 1.82) is 0 Å². The van der Waals surface area contributed by atoms with Crippen molar-refractivity contribution in [3.63, 3.8) is 0 Å². The number of H-pyrrole nitrogens is 1. The molecule has 0 aliphatic rings. The highest BCUT2D eigenvalue weighted by Gasteiger charge is 2.36. The Labute approximate surface area is 163 Å². The van der Waals surface area contributed by atoms with Gasteiger partial charge >= 0.3 is 0 Å². The summed E-state index contributed by atoms with van der Waals surface area (Å²) in [4.78, 5) is 4.86. The smallest absolute Gasteiger partial charge is 0.191 e. The van der Waals surface area contributed by atoms with Crippen LogP contribution in [0.2, 0.25) is 18.1 Å². The van der Waals surface area contributed by atoms with E-state index in [1.807, 2.05) is 12.3 Å². The first-order chi connectivity index (χ1) is 12.8. The van der Waals surface area contributed by atoms with Gasteiger partial charge in [0.1, 0.15) is 0 Å². The van der Waals surface area contributed by atoms with Crippen LogP contribution in [0.15, 0.2) is 42.6 Å². The van der Waals surface area contributed by atoms with Gasteiger partial charge in [-0.3, -0.25) is 10.1 Å². The molecule has 1 N–H and O–H groups in total. The van der Waals surface area contributed by atoms with Crippen molar-refractivity contribution in [1.82, 2.24) is 15.2 Å². The second-order valence-corrected chi connectivity index (χ2v) is 13.5. The predicted octanol–water partition coefficient (Wildman–Crippen LogP) is 5.97. The largest absolute Gasteiger partial charge is 0.417 e. The lowest BCUT2D eigenvalue weighted by atomic mass is 10.1. The van der Waals surface area contributed by atoms with Gasteiger partial charge in [0.2, 0.25) is 0 Å². The van der Waals surface area contributed by atoms with Gasteiger partial charge in [-0.25, -0.2) is 0 Å². The average Bonchev–Trinajstić information content (AvgIpc) is 3.14. The molecular weight excluding hydrogens is 350 g/mol. The Morgan fingerprint density at radius 1 is 1.04 bits per heavy atom. The van der Waals surface area contributed by atoms with Crippen molar-refractivity contribution < 1.29 is 4.43 Å². The normalized spacial score (nSPS) is 12.6. The zero-order valence-electron chi connectivity index (χ0n) is 17.2. The van der Waals surface area contributed by atoms with Gasteiger partial charge in [0.15, 0.2) is 8.32 Å². The average molecular weight is 382 g/mol. The Balaban J connectivity index is 1.58. The van der Waals surface area contributed by atoms with Crippen molar-refractivity contribution in [2.75, 3.05) is 6.61 Å². The third-order valence-electron chi connectivity index (χ3n) is 5.64. The molecule has 3 rings (SSSR count). The lowest BCUT2D eigenvalue weighted by molar-refractivity contribution is 0.279. The molecule has 1 aromatic carbocycles. The van der Waals surface area contributed by atoms with Crippen molar-refractivity contribution in [2.45, 2.75) is 58.2 Å². The standard InChI is InChI=1S/C22H31N3OSi/c1-22(2,3)27(4,5)26-15-7-6-8-19-12-11-17-9-10-18(16-21(17)24-19)20-13-14-23-25-20/h9-14,16H,6-8,15H2,1-5H3,(H,23,25). The monoisotopic (exact) mass is 381 g/mol. The number of nitrogens with zero attached hydrogens (tertiary/aromatic N) is 2. The van der Waals surface area contributed by atoms with Crippen LogP contribution in [0.3, 0.4) is 0 Å². The van der Waals surface area contributed by atoms with E-state index in [1.165, 1.54) is 5.39 Å². The van der Waals surface area contributed by atoms with Gasteiger partial charge in [0.05, 0.1) is 11.2 Å². The number of rotatable bonds is 7. The van der Waals surface area contributed by atoms with E-state index in [9.17, 15) is 0 Å². The first-order valence-corrected chi connectivity index (χ1v) is 12.7. The molecule has 0 atom stereocenters. The number of fused-ring (bicyclic) bond motifs is 1. The zero-order chi connectivity index (χ0) is 19.5. The summed E-state index contributed by atoms with van der Waals surface area (Å²) in [5, 5.41) is 8.57. The third-order valence-corrected chi connectivity index (χ3v) is 10.2. The van der Waals surface area contributed by atoms with E-state index in [0.717, 1.165) is 48.3 Å². The topological polar surface area (TPSA) is 50.8 Å². The molecule has 0 spiro atoms. The molecule has 0 radical (unpaired) electrons. The highest BCUT2D eigenvalue weighted by atomic mass is 28.4. The fraction of sp³-hybridized carbons (Fsp3) is 0.455. The quantitative estimate of drug-likeness (QED) is 0.405. The van der Waals surface area contributed by atoms with Crippen LogP contribution in [0, 0.1) is 0 Å². The Morgan fingerprint density at radius 3 is 2.52 bits per heavy atom. The van der Waals surface area contributed by atoms with Gasteiger partial charge in [-0.2, -0.15) is 5.10 Å². The lowest BCUT2D eigenvalue weighted by Crippen LogP contribution is -2.40. The molecule has 3 aromatic rings. The summed E-state index contributed by atoms with van der Waals surface area (Å²) in [7, 11) is -1.63. The molecule has 2 aromatic heterocycles. The van der Waals surface area contributed by atoms with E-state index < -0.39 is 8.32 Å². The Morgan fingerprint density at radius 2 is 1.81 bits per heavy atom. The number of benzene rings is 1. The Bertz CT molecular complexity index is 882. The van der Waals surface area contributed by atoms with Crippen LogP contribution in [0.25, 0.3) is 22.2 Å². The van der Waals surface area contributed by atoms with Crippen LogP contribution in [0.1, 0.15) is 39.3 Å². The molecule has 2 heterocycles. The molecule has 0 fully saturated rings. The van der Waals surface area contributed by atoms with Crippen LogP contribution >= 0.6 is 0 Å². The molecule has 0 saturated carbocycles. The summed E-state index contributed by atoms with van der Waals surface area (Å²) < 4.78 is 6.27. The molecular formula is C22H31N3OSi. The van der Waals surface area contributed by atoms with Crippen LogP contribution in [-0.4, -0.2) is 30.1 Å². The number of aromatic nitrogens is 3. The minimum absolute atomic E-state index is 0.277. The SMILES string of the molecule is CC(C)(C)[Si](C)(C)OCCCCc1ccc2ccc(-c3cc[nH]n3)cc2n1. The van der Waals surface area contributed by atoms with Gasteiger partial charge < -0.3 is 4.43 Å². The van der Waals surface area contributed by atoms with Crippen LogP contribution in [0.5, 0.6) is 0 Å². The van der Waals surface area contributed by atoms with Gasteiger partial charge in [0, 0.05) is 29.4 Å².